The first-order valence-electron chi connectivity index (χ1n) is 9.09. The Morgan fingerprint density at radius 2 is 1.75 bits per heavy atom. The molecule has 2 aromatic heterocycles. The van der Waals surface area contributed by atoms with E-state index in [-0.39, 0.29) is 12.2 Å². The van der Waals surface area contributed by atoms with Gasteiger partial charge < -0.3 is 5.11 Å². The Labute approximate surface area is 172 Å². The largest absolute Gasteiger partial charge is 0.481 e. The van der Waals surface area contributed by atoms with Crippen molar-refractivity contribution < 1.29 is 18.3 Å². The Morgan fingerprint density at radius 1 is 1.00 bits per heavy atom. The highest BCUT2D eigenvalue weighted by Crippen LogP contribution is 2.47. The van der Waals surface area contributed by atoms with Gasteiger partial charge in [0, 0.05) is 9.75 Å². The van der Waals surface area contributed by atoms with Crippen LogP contribution in [0.2, 0.25) is 0 Å². The highest BCUT2D eigenvalue weighted by molar-refractivity contribution is 7.92. The normalized spacial score (nSPS) is 21.4. The molecule has 1 aromatic carbocycles. The van der Waals surface area contributed by atoms with Crippen LogP contribution in [0.1, 0.15) is 30.6 Å². The van der Waals surface area contributed by atoms with E-state index in [0.717, 1.165) is 22.4 Å². The molecule has 7 heteroatoms. The monoisotopic (exact) mass is 432 g/mol. The van der Waals surface area contributed by atoms with Gasteiger partial charge in [0.1, 0.15) is 4.75 Å². The fourth-order valence-corrected chi connectivity index (χ4v) is 8.30. The van der Waals surface area contributed by atoms with E-state index in [4.69, 9.17) is 0 Å². The molecule has 1 aliphatic rings. The van der Waals surface area contributed by atoms with Gasteiger partial charge in [-0.2, -0.15) is 11.3 Å². The number of carbonyl (C=O) groups is 1. The maximum Gasteiger partial charge on any atom is 0.305 e. The number of rotatable bonds is 5. The van der Waals surface area contributed by atoms with Crippen LogP contribution >= 0.6 is 22.7 Å². The molecule has 0 bridgehead atoms. The Kier molecular flexibility index (Phi) is 5.16. The fourth-order valence-electron chi connectivity index (χ4n) is 3.85. The quantitative estimate of drug-likeness (QED) is 0.585. The van der Waals surface area contributed by atoms with E-state index < -0.39 is 20.6 Å². The van der Waals surface area contributed by atoms with Crippen molar-refractivity contribution in [3.05, 3.63) is 58.1 Å². The predicted octanol–water partition coefficient (Wildman–Crippen LogP) is 5.41. The van der Waals surface area contributed by atoms with Crippen molar-refractivity contribution in [2.75, 3.05) is 5.75 Å². The van der Waals surface area contributed by atoms with Crippen LogP contribution in [0.5, 0.6) is 0 Å². The number of benzene rings is 1. The molecule has 4 rings (SSSR count). The summed E-state index contributed by atoms with van der Waals surface area (Å²) in [6.07, 6.45) is 1.34. The van der Waals surface area contributed by atoms with Gasteiger partial charge in [0.05, 0.1) is 12.2 Å². The molecule has 1 N–H and O–H groups in total. The highest BCUT2D eigenvalue weighted by atomic mass is 32.2. The number of carboxylic acids is 1. The molecule has 4 nitrogen and oxygen atoms in total. The summed E-state index contributed by atoms with van der Waals surface area (Å²) in [6.45, 7) is 0. The molecule has 0 aliphatic carbocycles. The van der Waals surface area contributed by atoms with Crippen molar-refractivity contribution in [2.24, 2.45) is 0 Å². The molecule has 0 saturated carbocycles. The Hall–Kier alpha value is -1.96. The van der Waals surface area contributed by atoms with Crippen LogP contribution in [0.25, 0.3) is 21.6 Å². The minimum atomic E-state index is -3.51. The number of sulfone groups is 1. The average molecular weight is 433 g/mol. The molecule has 1 aliphatic heterocycles. The van der Waals surface area contributed by atoms with Crippen LogP contribution in [0.15, 0.2) is 53.2 Å². The van der Waals surface area contributed by atoms with Gasteiger partial charge in [-0.05, 0) is 58.5 Å². The first-order valence-corrected chi connectivity index (χ1v) is 12.5. The summed E-state index contributed by atoms with van der Waals surface area (Å²) in [5, 5.41) is 13.6. The molecule has 0 spiro atoms. The number of hydrogen-bond donors (Lipinski definition) is 1. The summed E-state index contributed by atoms with van der Waals surface area (Å²) < 4.78 is 24.5. The van der Waals surface area contributed by atoms with Gasteiger partial charge in [-0.1, -0.05) is 30.7 Å². The van der Waals surface area contributed by atoms with Gasteiger partial charge in [0.15, 0.2) is 9.84 Å². The molecule has 1 atom stereocenters. The standard InChI is InChI=1S/C21H20O4S3/c22-20(23)13-21(10-1-2-12-28(21,24)25)19-8-7-18(27-19)16-5-3-15(4-6-16)17-9-11-26-14-17/h3-9,11,14H,1-2,10,12-13H2,(H,22,23)/t21-/m0/s1. The zero-order chi connectivity index (χ0) is 19.8. The van der Waals surface area contributed by atoms with E-state index in [1.54, 1.807) is 17.4 Å². The minimum absolute atomic E-state index is 0.0584. The first kappa shape index (κ1) is 19.4. The van der Waals surface area contributed by atoms with Crippen LogP contribution in [-0.4, -0.2) is 25.2 Å². The van der Waals surface area contributed by atoms with Crippen LogP contribution < -0.4 is 0 Å². The maximum atomic E-state index is 12.9. The van der Waals surface area contributed by atoms with E-state index >= 15 is 0 Å². The average Bonchev–Trinajstić information content (AvgIpc) is 3.35. The lowest BCUT2D eigenvalue weighted by atomic mass is 9.95. The zero-order valence-corrected chi connectivity index (χ0v) is 17.6. The molecule has 0 unspecified atom stereocenters. The van der Waals surface area contributed by atoms with Crippen molar-refractivity contribution in [1.82, 2.24) is 0 Å². The van der Waals surface area contributed by atoms with Gasteiger partial charge in [-0.15, -0.1) is 11.3 Å². The number of aliphatic carboxylic acids is 1. The van der Waals surface area contributed by atoms with Crippen molar-refractivity contribution in [3.63, 3.8) is 0 Å². The zero-order valence-electron chi connectivity index (χ0n) is 15.1. The van der Waals surface area contributed by atoms with Gasteiger partial charge in [-0.25, -0.2) is 8.42 Å². The van der Waals surface area contributed by atoms with E-state index in [1.807, 2.05) is 23.6 Å². The smallest absolute Gasteiger partial charge is 0.305 e. The molecular formula is C21H20O4S3. The maximum absolute atomic E-state index is 12.9. The lowest BCUT2D eigenvalue weighted by molar-refractivity contribution is -0.137. The Balaban J connectivity index is 1.70. The lowest BCUT2D eigenvalue weighted by Gasteiger charge is -2.34. The molecule has 1 fully saturated rings. The van der Waals surface area contributed by atoms with Crippen molar-refractivity contribution in [3.8, 4) is 21.6 Å². The van der Waals surface area contributed by atoms with Crippen molar-refractivity contribution in [1.29, 1.82) is 0 Å². The fraction of sp³-hybridized carbons (Fsp3) is 0.286. The third-order valence-electron chi connectivity index (χ3n) is 5.35. The summed E-state index contributed by atoms with van der Waals surface area (Å²) in [7, 11) is -3.51. The highest BCUT2D eigenvalue weighted by Gasteiger charge is 2.49. The summed E-state index contributed by atoms with van der Waals surface area (Å²) in [6, 6.07) is 14.0. The summed E-state index contributed by atoms with van der Waals surface area (Å²) in [5.41, 5.74) is 3.32. The Morgan fingerprint density at radius 3 is 2.39 bits per heavy atom. The van der Waals surface area contributed by atoms with Crippen molar-refractivity contribution >= 4 is 38.5 Å². The molecule has 146 valence electrons. The number of hydrogen-bond acceptors (Lipinski definition) is 5. The molecule has 3 aromatic rings. The minimum Gasteiger partial charge on any atom is -0.481 e. The van der Waals surface area contributed by atoms with Crippen molar-refractivity contribution in [2.45, 2.75) is 30.4 Å². The van der Waals surface area contributed by atoms with E-state index in [2.05, 4.69) is 23.6 Å². The first-order chi connectivity index (χ1) is 13.4. The molecule has 0 amide bonds. The summed E-state index contributed by atoms with van der Waals surface area (Å²) >= 11 is 3.05. The predicted molar refractivity (Wildman–Crippen MR) is 115 cm³/mol. The van der Waals surface area contributed by atoms with E-state index in [1.165, 1.54) is 16.9 Å². The molecule has 1 saturated heterocycles. The van der Waals surface area contributed by atoms with E-state index in [0.29, 0.717) is 17.7 Å². The topological polar surface area (TPSA) is 71.4 Å². The second kappa shape index (κ2) is 7.46. The molecule has 0 radical (unpaired) electrons. The lowest BCUT2D eigenvalue weighted by Crippen LogP contribution is -2.41. The molecule has 28 heavy (non-hydrogen) atoms. The van der Waals surface area contributed by atoms with Crippen LogP contribution in [0, 0.1) is 0 Å². The second-order valence-electron chi connectivity index (χ2n) is 7.09. The SMILES string of the molecule is O=C(O)C[C@]1(c2ccc(-c3ccc(-c4ccsc4)cc3)s2)CCCCS1(=O)=O. The Bertz CT molecular complexity index is 1080. The van der Waals surface area contributed by atoms with Crippen LogP contribution in [0.4, 0.5) is 0 Å². The van der Waals surface area contributed by atoms with Gasteiger partial charge in [-0.3, -0.25) is 4.79 Å². The van der Waals surface area contributed by atoms with Gasteiger partial charge in [0.25, 0.3) is 0 Å². The van der Waals surface area contributed by atoms with Gasteiger partial charge in [0.2, 0.25) is 0 Å². The molecular weight excluding hydrogens is 412 g/mol. The van der Waals surface area contributed by atoms with E-state index in [9.17, 15) is 18.3 Å². The third-order valence-corrected chi connectivity index (χ3v) is 10.1. The molecule has 3 heterocycles. The number of thiophene rings is 2. The number of carboxylic acid groups (broad SMARTS) is 1. The third kappa shape index (κ3) is 3.43. The van der Waals surface area contributed by atoms with Gasteiger partial charge >= 0.3 is 5.97 Å². The second-order valence-corrected chi connectivity index (χ2v) is 11.4. The van der Waals surface area contributed by atoms with Crippen LogP contribution in [0.3, 0.4) is 0 Å². The summed E-state index contributed by atoms with van der Waals surface area (Å²) in [5.74, 6) is -1.01. The van der Waals surface area contributed by atoms with Crippen LogP contribution in [-0.2, 0) is 19.4 Å². The summed E-state index contributed by atoms with van der Waals surface area (Å²) in [4.78, 5) is 13.1.